The van der Waals surface area contributed by atoms with Gasteiger partial charge in [-0.1, -0.05) is 0 Å². The van der Waals surface area contributed by atoms with E-state index in [9.17, 15) is 4.79 Å². The molecule has 1 aliphatic rings. The lowest BCUT2D eigenvalue weighted by Crippen LogP contribution is -2.31. The predicted octanol–water partition coefficient (Wildman–Crippen LogP) is 1.50. The molecule has 0 bridgehead atoms. The Labute approximate surface area is 92.6 Å². The number of aromatic nitrogens is 1. The van der Waals surface area contributed by atoms with Crippen LogP contribution in [0.25, 0.3) is 0 Å². The highest BCUT2D eigenvalue weighted by Crippen LogP contribution is 2.29. The van der Waals surface area contributed by atoms with Crippen molar-refractivity contribution < 1.29 is 9.90 Å². The van der Waals surface area contributed by atoms with E-state index < -0.39 is 5.97 Å². The van der Waals surface area contributed by atoms with Gasteiger partial charge >= 0.3 is 5.97 Å². The van der Waals surface area contributed by atoms with Crippen molar-refractivity contribution in [2.45, 2.75) is 32.4 Å². The van der Waals surface area contributed by atoms with Crippen LogP contribution in [0.5, 0.6) is 0 Å². The van der Waals surface area contributed by atoms with Gasteiger partial charge in [0, 0.05) is 17.5 Å². The lowest BCUT2D eigenvalue weighted by atomic mass is 10.3. The van der Waals surface area contributed by atoms with E-state index >= 15 is 0 Å². The first-order chi connectivity index (χ1) is 7.16. The van der Waals surface area contributed by atoms with E-state index in [2.05, 4.69) is 4.98 Å². The molecular formula is C10H14N2O2S. The monoisotopic (exact) mass is 226 g/mol. The molecule has 0 atom stereocenters. The van der Waals surface area contributed by atoms with E-state index in [1.807, 2.05) is 17.3 Å². The molecule has 1 aliphatic carbocycles. The first-order valence-corrected chi connectivity index (χ1v) is 5.89. The first kappa shape index (κ1) is 10.6. The Kier molecular flexibility index (Phi) is 3.02. The molecule has 1 heterocycles. The van der Waals surface area contributed by atoms with E-state index in [-0.39, 0.29) is 6.54 Å². The zero-order chi connectivity index (χ0) is 10.8. The Bertz CT molecular complexity index is 360. The summed E-state index contributed by atoms with van der Waals surface area (Å²) in [6, 6.07) is 0.475. The van der Waals surface area contributed by atoms with Gasteiger partial charge in [-0.3, -0.25) is 9.69 Å². The van der Waals surface area contributed by atoms with Crippen molar-refractivity contribution in [1.29, 1.82) is 0 Å². The lowest BCUT2D eigenvalue weighted by Gasteiger charge is -2.18. The number of aryl methyl sites for hydroxylation is 1. The van der Waals surface area contributed by atoms with Gasteiger partial charge in [0.15, 0.2) is 0 Å². The van der Waals surface area contributed by atoms with Crippen LogP contribution < -0.4 is 0 Å². The molecule has 0 spiro atoms. The minimum Gasteiger partial charge on any atom is -0.480 e. The van der Waals surface area contributed by atoms with Crippen LogP contribution in [0, 0.1) is 6.92 Å². The van der Waals surface area contributed by atoms with Gasteiger partial charge in [-0.05, 0) is 19.8 Å². The van der Waals surface area contributed by atoms with Gasteiger partial charge in [-0.2, -0.15) is 0 Å². The second-order valence-corrected chi connectivity index (χ2v) is 4.83. The molecular weight excluding hydrogens is 212 g/mol. The van der Waals surface area contributed by atoms with Gasteiger partial charge in [0.1, 0.15) is 0 Å². The molecule has 0 aromatic carbocycles. The van der Waals surface area contributed by atoms with Crippen LogP contribution in [0.1, 0.15) is 23.4 Å². The molecule has 1 aromatic rings. The topological polar surface area (TPSA) is 53.4 Å². The normalized spacial score (nSPS) is 15.9. The molecule has 82 valence electrons. The highest BCUT2D eigenvalue weighted by atomic mass is 32.1. The standard InChI is InChI=1S/C10H14N2O2S/c1-7-9(15-6-11-7)4-12(5-10(13)14)8-2-3-8/h6,8H,2-5H2,1H3,(H,13,14). The maximum absolute atomic E-state index is 10.7. The summed E-state index contributed by atoms with van der Waals surface area (Å²) >= 11 is 1.60. The van der Waals surface area contributed by atoms with E-state index in [1.165, 1.54) is 4.88 Å². The molecule has 0 amide bonds. The van der Waals surface area contributed by atoms with Crippen molar-refractivity contribution in [3.8, 4) is 0 Å². The molecule has 0 aliphatic heterocycles. The molecule has 1 N–H and O–H groups in total. The van der Waals surface area contributed by atoms with Crippen molar-refractivity contribution in [1.82, 2.24) is 9.88 Å². The predicted molar refractivity (Wildman–Crippen MR) is 57.9 cm³/mol. The van der Waals surface area contributed by atoms with Crippen molar-refractivity contribution in [3.05, 3.63) is 16.1 Å². The van der Waals surface area contributed by atoms with Crippen molar-refractivity contribution >= 4 is 17.3 Å². The van der Waals surface area contributed by atoms with E-state index in [0.717, 1.165) is 25.1 Å². The molecule has 1 aromatic heterocycles. The summed E-state index contributed by atoms with van der Waals surface area (Å²) < 4.78 is 0. The average molecular weight is 226 g/mol. The number of rotatable bonds is 5. The van der Waals surface area contributed by atoms with Crippen LogP contribution in [-0.4, -0.2) is 33.5 Å². The summed E-state index contributed by atoms with van der Waals surface area (Å²) in [5, 5.41) is 8.80. The van der Waals surface area contributed by atoms with Gasteiger partial charge in [-0.25, -0.2) is 4.98 Å². The summed E-state index contributed by atoms with van der Waals surface area (Å²) in [5.41, 5.74) is 2.84. The Morgan fingerprint density at radius 2 is 2.47 bits per heavy atom. The third-order valence-electron chi connectivity index (χ3n) is 2.59. The second kappa shape index (κ2) is 4.28. The SMILES string of the molecule is Cc1ncsc1CN(CC(=O)O)C1CC1. The highest BCUT2D eigenvalue weighted by Gasteiger charge is 2.30. The fourth-order valence-electron chi connectivity index (χ4n) is 1.59. The number of hydrogen-bond acceptors (Lipinski definition) is 4. The molecule has 0 radical (unpaired) electrons. The molecule has 5 heteroatoms. The number of carbonyl (C=O) groups is 1. The summed E-state index contributed by atoms with van der Waals surface area (Å²) in [5.74, 6) is -0.746. The summed E-state index contributed by atoms with van der Waals surface area (Å²) in [7, 11) is 0. The summed E-state index contributed by atoms with van der Waals surface area (Å²) in [6.45, 7) is 2.84. The molecule has 15 heavy (non-hydrogen) atoms. The van der Waals surface area contributed by atoms with Crippen LogP contribution in [0.15, 0.2) is 5.51 Å². The molecule has 2 rings (SSSR count). The number of hydrogen-bond donors (Lipinski definition) is 1. The Morgan fingerprint density at radius 1 is 1.73 bits per heavy atom. The van der Waals surface area contributed by atoms with E-state index in [4.69, 9.17) is 5.11 Å². The van der Waals surface area contributed by atoms with Gasteiger partial charge in [0.2, 0.25) is 0 Å². The Hall–Kier alpha value is -0.940. The molecule has 0 saturated heterocycles. The fraction of sp³-hybridized carbons (Fsp3) is 0.600. The minimum absolute atomic E-state index is 0.141. The molecule has 1 saturated carbocycles. The third kappa shape index (κ3) is 2.76. The van der Waals surface area contributed by atoms with Crippen LogP contribution in [0.4, 0.5) is 0 Å². The van der Waals surface area contributed by atoms with E-state index in [1.54, 1.807) is 11.3 Å². The maximum Gasteiger partial charge on any atom is 0.317 e. The maximum atomic E-state index is 10.7. The molecule has 0 unspecified atom stereocenters. The molecule has 1 fully saturated rings. The van der Waals surface area contributed by atoms with Crippen molar-refractivity contribution in [3.63, 3.8) is 0 Å². The average Bonchev–Trinajstić information content (AvgIpc) is 2.92. The number of nitrogens with zero attached hydrogens (tertiary/aromatic N) is 2. The third-order valence-corrected chi connectivity index (χ3v) is 3.51. The fourth-order valence-corrected chi connectivity index (χ4v) is 2.39. The Morgan fingerprint density at radius 3 is 2.93 bits per heavy atom. The smallest absolute Gasteiger partial charge is 0.317 e. The largest absolute Gasteiger partial charge is 0.480 e. The summed E-state index contributed by atoms with van der Waals surface area (Å²) in [6.07, 6.45) is 2.26. The van der Waals surface area contributed by atoms with Gasteiger partial charge in [0.05, 0.1) is 17.7 Å². The number of carboxylic acids is 1. The summed E-state index contributed by atoms with van der Waals surface area (Å²) in [4.78, 5) is 18.1. The van der Waals surface area contributed by atoms with Crippen LogP contribution in [-0.2, 0) is 11.3 Å². The minimum atomic E-state index is -0.746. The van der Waals surface area contributed by atoms with Gasteiger partial charge in [-0.15, -0.1) is 11.3 Å². The van der Waals surface area contributed by atoms with Crippen LogP contribution in [0.3, 0.4) is 0 Å². The van der Waals surface area contributed by atoms with Gasteiger partial charge < -0.3 is 5.11 Å². The first-order valence-electron chi connectivity index (χ1n) is 5.01. The van der Waals surface area contributed by atoms with Gasteiger partial charge in [0.25, 0.3) is 0 Å². The zero-order valence-electron chi connectivity index (χ0n) is 8.64. The quantitative estimate of drug-likeness (QED) is 0.826. The lowest BCUT2D eigenvalue weighted by molar-refractivity contribution is -0.138. The second-order valence-electron chi connectivity index (χ2n) is 3.89. The van der Waals surface area contributed by atoms with Crippen LogP contribution in [0.2, 0.25) is 0 Å². The van der Waals surface area contributed by atoms with Crippen LogP contribution >= 0.6 is 11.3 Å². The number of carboxylic acid groups (broad SMARTS) is 1. The Balaban J connectivity index is 2.00. The highest BCUT2D eigenvalue weighted by molar-refractivity contribution is 7.09. The van der Waals surface area contributed by atoms with Crippen molar-refractivity contribution in [2.24, 2.45) is 0 Å². The van der Waals surface area contributed by atoms with Crippen molar-refractivity contribution in [2.75, 3.05) is 6.54 Å². The zero-order valence-corrected chi connectivity index (χ0v) is 9.46. The van der Waals surface area contributed by atoms with E-state index in [0.29, 0.717) is 6.04 Å². The molecule has 4 nitrogen and oxygen atoms in total. The number of thiazole rings is 1. The number of aliphatic carboxylic acids is 1.